The molecule has 118 valence electrons. The summed E-state index contributed by atoms with van der Waals surface area (Å²) in [7, 11) is 0. The molecule has 2 rings (SSSR count). The second-order valence-electron chi connectivity index (χ2n) is 6.19. The van der Waals surface area contributed by atoms with E-state index in [0.717, 1.165) is 24.5 Å². The fraction of sp³-hybridized carbons (Fsp3) is 0.647. The lowest BCUT2D eigenvalue weighted by Crippen LogP contribution is -2.38. The molecule has 1 aromatic rings. The molecule has 1 unspecified atom stereocenters. The molecule has 2 N–H and O–H groups in total. The van der Waals surface area contributed by atoms with Gasteiger partial charge >= 0.3 is 0 Å². The van der Waals surface area contributed by atoms with Crippen molar-refractivity contribution in [2.24, 2.45) is 0 Å². The van der Waals surface area contributed by atoms with Crippen molar-refractivity contribution < 1.29 is 5.11 Å². The number of aliphatic hydroxyl groups is 1. The van der Waals surface area contributed by atoms with Crippen molar-refractivity contribution in [2.45, 2.75) is 58.2 Å². The molecule has 3 nitrogen and oxygen atoms in total. The van der Waals surface area contributed by atoms with Crippen molar-refractivity contribution >= 4 is 17.3 Å². The summed E-state index contributed by atoms with van der Waals surface area (Å²) in [6.45, 7) is 6.34. The molecule has 1 aliphatic heterocycles. The number of nitrogens with one attached hydrogen (secondary N) is 1. The van der Waals surface area contributed by atoms with Crippen LogP contribution >= 0.6 is 11.6 Å². The first-order chi connectivity index (χ1) is 10.1. The predicted molar refractivity (Wildman–Crippen MR) is 90.1 cm³/mol. The van der Waals surface area contributed by atoms with E-state index in [9.17, 15) is 5.11 Å². The second-order valence-corrected chi connectivity index (χ2v) is 6.62. The van der Waals surface area contributed by atoms with Crippen molar-refractivity contribution in [1.29, 1.82) is 0 Å². The summed E-state index contributed by atoms with van der Waals surface area (Å²) in [6.07, 6.45) is 4.71. The first-order valence-electron chi connectivity index (χ1n) is 8.01. The van der Waals surface area contributed by atoms with Gasteiger partial charge in [-0.1, -0.05) is 38.3 Å². The predicted octanol–water partition coefficient (Wildman–Crippen LogP) is 3.58. The fourth-order valence-electron chi connectivity index (χ4n) is 2.97. The van der Waals surface area contributed by atoms with Crippen LogP contribution in [0.4, 0.5) is 5.69 Å². The lowest BCUT2D eigenvalue weighted by molar-refractivity contribution is 0.255. The zero-order chi connectivity index (χ0) is 15.2. The monoisotopic (exact) mass is 310 g/mol. The van der Waals surface area contributed by atoms with Gasteiger partial charge in [-0.15, -0.1) is 0 Å². The van der Waals surface area contributed by atoms with Crippen molar-refractivity contribution in [1.82, 2.24) is 5.32 Å². The number of benzene rings is 1. The zero-order valence-corrected chi connectivity index (χ0v) is 13.9. The molecular formula is C17H27ClN2O. The van der Waals surface area contributed by atoms with Gasteiger partial charge in [-0.25, -0.2) is 0 Å². The Labute approximate surface area is 133 Å². The molecular weight excluding hydrogens is 284 g/mol. The highest BCUT2D eigenvalue weighted by atomic mass is 35.5. The van der Waals surface area contributed by atoms with E-state index in [2.05, 4.69) is 30.1 Å². The Hall–Kier alpha value is -0.770. The van der Waals surface area contributed by atoms with E-state index in [1.54, 1.807) is 0 Å². The van der Waals surface area contributed by atoms with E-state index >= 15 is 0 Å². The molecule has 21 heavy (non-hydrogen) atoms. The maximum Gasteiger partial charge on any atom is 0.0635 e. The Morgan fingerprint density at radius 3 is 2.86 bits per heavy atom. The maximum absolute atomic E-state index is 9.73. The van der Waals surface area contributed by atoms with Crippen LogP contribution < -0.4 is 10.2 Å². The van der Waals surface area contributed by atoms with Crippen LogP contribution in [0, 0.1) is 0 Å². The van der Waals surface area contributed by atoms with Crippen molar-refractivity contribution in [3.63, 3.8) is 0 Å². The molecule has 1 aromatic carbocycles. The third kappa shape index (κ3) is 4.60. The highest BCUT2D eigenvalue weighted by molar-refractivity contribution is 6.30. The molecule has 4 heteroatoms. The van der Waals surface area contributed by atoms with E-state index in [0.29, 0.717) is 6.04 Å². The summed E-state index contributed by atoms with van der Waals surface area (Å²) >= 11 is 6.18. The highest BCUT2D eigenvalue weighted by Crippen LogP contribution is 2.29. The average molecular weight is 311 g/mol. The molecule has 0 saturated carbocycles. The van der Waals surface area contributed by atoms with Crippen LogP contribution in [0.3, 0.4) is 0 Å². The van der Waals surface area contributed by atoms with E-state index in [4.69, 9.17) is 11.6 Å². The number of anilines is 1. The molecule has 1 saturated heterocycles. The number of hydrogen-bond donors (Lipinski definition) is 2. The lowest BCUT2D eigenvalue weighted by atomic mass is 10.1. The van der Waals surface area contributed by atoms with Crippen LogP contribution in [-0.4, -0.2) is 30.3 Å². The molecule has 1 fully saturated rings. The normalized spacial score (nSPS) is 19.9. The Morgan fingerprint density at radius 1 is 1.33 bits per heavy atom. The van der Waals surface area contributed by atoms with Gasteiger partial charge in [0.05, 0.1) is 12.6 Å². The Kier molecular flexibility index (Phi) is 6.34. The van der Waals surface area contributed by atoms with Crippen LogP contribution in [0.5, 0.6) is 0 Å². The first-order valence-corrected chi connectivity index (χ1v) is 8.39. The van der Waals surface area contributed by atoms with Crippen LogP contribution in [0.25, 0.3) is 0 Å². The molecule has 1 aliphatic rings. The third-order valence-electron chi connectivity index (χ3n) is 4.14. The standard InChI is InChI=1S/C17H27ClN2O/c1-13(2)19-11-14-10-15(18)7-8-17(14)20-9-5-3-4-6-16(20)12-21/h7-8,10,13,16,19,21H,3-6,9,11-12H2,1-2H3. The lowest BCUT2D eigenvalue weighted by Gasteiger charge is -2.33. The average Bonchev–Trinajstić information content (AvgIpc) is 2.70. The molecule has 0 aliphatic carbocycles. The summed E-state index contributed by atoms with van der Waals surface area (Å²) in [6, 6.07) is 6.77. The molecule has 0 radical (unpaired) electrons. The molecule has 0 spiro atoms. The number of halogens is 1. The summed E-state index contributed by atoms with van der Waals surface area (Å²) in [5.41, 5.74) is 2.44. The van der Waals surface area contributed by atoms with Gasteiger partial charge in [0.1, 0.15) is 0 Å². The number of nitrogens with zero attached hydrogens (tertiary/aromatic N) is 1. The molecule has 0 aromatic heterocycles. The van der Waals surface area contributed by atoms with Crippen LogP contribution in [0.15, 0.2) is 18.2 Å². The van der Waals surface area contributed by atoms with Gasteiger partial charge in [0.2, 0.25) is 0 Å². The smallest absolute Gasteiger partial charge is 0.0635 e. The maximum atomic E-state index is 9.73. The molecule has 0 amide bonds. The summed E-state index contributed by atoms with van der Waals surface area (Å²) in [4.78, 5) is 2.38. The quantitative estimate of drug-likeness (QED) is 0.872. The molecule has 0 bridgehead atoms. The van der Waals surface area contributed by atoms with E-state index in [1.165, 1.54) is 30.5 Å². The number of hydrogen-bond acceptors (Lipinski definition) is 3. The Bertz CT molecular complexity index is 450. The zero-order valence-electron chi connectivity index (χ0n) is 13.1. The SMILES string of the molecule is CC(C)NCc1cc(Cl)ccc1N1CCCCCC1CO. The summed E-state index contributed by atoms with van der Waals surface area (Å²) in [5.74, 6) is 0. The van der Waals surface area contributed by atoms with E-state index < -0.39 is 0 Å². The van der Waals surface area contributed by atoms with Crippen LogP contribution in [0.2, 0.25) is 5.02 Å². The van der Waals surface area contributed by atoms with Gasteiger partial charge in [-0.05, 0) is 36.6 Å². The minimum Gasteiger partial charge on any atom is -0.394 e. The molecule has 1 heterocycles. The van der Waals surface area contributed by atoms with Crippen LogP contribution in [0.1, 0.15) is 45.1 Å². The minimum absolute atomic E-state index is 0.222. The van der Waals surface area contributed by atoms with E-state index in [1.807, 2.05) is 12.1 Å². The van der Waals surface area contributed by atoms with Gasteiger partial charge < -0.3 is 15.3 Å². The third-order valence-corrected chi connectivity index (χ3v) is 4.37. The van der Waals surface area contributed by atoms with Crippen molar-refractivity contribution in [3.05, 3.63) is 28.8 Å². The Balaban J connectivity index is 2.26. The minimum atomic E-state index is 0.222. The summed E-state index contributed by atoms with van der Waals surface area (Å²) in [5, 5.41) is 14.0. The largest absolute Gasteiger partial charge is 0.394 e. The van der Waals surface area contributed by atoms with Crippen molar-refractivity contribution in [2.75, 3.05) is 18.1 Å². The van der Waals surface area contributed by atoms with Gasteiger partial charge in [0, 0.05) is 29.8 Å². The summed E-state index contributed by atoms with van der Waals surface area (Å²) < 4.78 is 0. The van der Waals surface area contributed by atoms with Gasteiger partial charge in [0.25, 0.3) is 0 Å². The number of rotatable bonds is 5. The van der Waals surface area contributed by atoms with Gasteiger partial charge in [-0.3, -0.25) is 0 Å². The van der Waals surface area contributed by atoms with E-state index in [-0.39, 0.29) is 12.6 Å². The van der Waals surface area contributed by atoms with Crippen molar-refractivity contribution in [3.8, 4) is 0 Å². The first kappa shape index (κ1) is 16.6. The topological polar surface area (TPSA) is 35.5 Å². The Morgan fingerprint density at radius 2 is 2.14 bits per heavy atom. The molecule has 1 atom stereocenters. The van der Waals surface area contributed by atoms with Gasteiger partial charge in [0.15, 0.2) is 0 Å². The fourth-order valence-corrected chi connectivity index (χ4v) is 3.17. The highest BCUT2D eigenvalue weighted by Gasteiger charge is 2.22. The van der Waals surface area contributed by atoms with Gasteiger partial charge in [-0.2, -0.15) is 0 Å². The number of aliphatic hydroxyl groups excluding tert-OH is 1. The van der Waals surface area contributed by atoms with Crippen LogP contribution in [-0.2, 0) is 6.54 Å². The second kappa shape index (κ2) is 8.02.